The van der Waals surface area contributed by atoms with Crippen LogP contribution in [-0.4, -0.2) is 42.3 Å². The van der Waals surface area contributed by atoms with E-state index in [0.29, 0.717) is 26.3 Å². The van der Waals surface area contributed by atoms with Crippen molar-refractivity contribution in [3.63, 3.8) is 0 Å². The number of anilines is 1. The zero-order chi connectivity index (χ0) is 14.0. The fraction of sp³-hybridized carbons (Fsp3) is 0.364. The number of nitrogens with zero attached hydrogens (tertiary/aromatic N) is 2. The van der Waals surface area contributed by atoms with Gasteiger partial charge in [-0.25, -0.2) is 9.18 Å². The zero-order valence-electron chi connectivity index (χ0n) is 9.84. The maximum Gasteiger partial charge on any atom is 0.338 e. The highest BCUT2D eigenvalue weighted by atomic mass is 19.1. The van der Waals surface area contributed by atoms with E-state index in [-0.39, 0.29) is 5.69 Å². The molecule has 0 aliphatic carbocycles. The van der Waals surface area contributed by atoms with Gasteiger partial charge in [-0.1, -0.05) is 0 Å². The van der Waals surface area contributed by atoms with Gasteiger partial charge < -0.3 is 14.7 Å². The summed E-state index contributed by atoms with van der Waals surface area (Å²) in [5.41, 5.74) is -1.04. The number of nitro benzene ring substituents is 1. The minimum atomic E-state index is -1.53. The molecule has 19 heavy (non-hydrogen) atoms. The van der Waals surface area contributed by atoms with E-state index in [2.05, 4.69) is 0 Å². The predicted molar refractivity (Wildman–Crippen MR) is 63.0 cm³/mol. The lowest BCUT2D eigenvalue weighted by atomic mass is 10.1. The van der Waals surface area contributed by atoms with Gasteiger partial charge >= 0.3 is 5.97 Å². The molecule has 0 radical (unpaired) electrons. The van der Waals surface area contributed by atoms with Gasteiger partial charge in [0.1, 0.15) is 17.1 Å². The first-order valence-electron chi connectivity index (χ1n) is 5.54. The highest BCUT2D eigenvalue weighted by Gasteiger charge is 2.26. The van der Waals surface area contributed by atoms with Gasteiger partial charge in [0.2, 0.25) is 0 Å². The minimum Gasteiger partial charge on any atom is -0.478 e. The van der Waals surface area contributed by atoms with Crippen molar-refractivity contribution in [2.45, 2.75) is 0 Å². The summed E-state index contributed by atoms with van der Waals surface area (Å²) in [5.74, 6) is -2.52. The van der Waals surface area contributed by atoms with Gasteiger partial charge in [0, 0.05) is 25.2 Å². The monoisotopic (exact) mass is 270 g/mol. The van der Waals surface area contributed by atoms with Crippen molar-refractivity contribution in [2.75, 3.05) is 31.2 Å². The standard InChI is InChI=1S/C11H11FN2O5/c12-8-6-9(13-1-3-19-4-2-13)10(14(17)18)5-7(8)11(15)16/h5-6H,1-4H2,(H,15,16). The molecule has 1 aliphatic heterocycles. The van der Waals surface area contributed by atoms with E-state index < -0.39 is 28.0 Å². The largest absolute Gasteiger partial charge is 0.478 e. The maximum atomic E-state index is 13.6. The minimum absolute atomic E-state index is 0.0794. The lowest BCUT2D eigenvalue weighted by Crippen LogP contribution is -2.36. The quantitative estimate of drug-likeness (QED) is 0.656. The zero-order valence-corrected chi connectivity index (χ0v) is 9.84. The highest BCUT2D eigenvalue weighted by Crippen LogP contribution is 2.31. The Bertz CT molecular complexity index is 528. The molecule has 0 unspecified atom stereocenters. The summed E-state index contributed by atoms with van der Waals surface area (Å²) in [6.07, 6.45) is 0. The number of aromatic carboxylic acids is 1. The first-order valence-corrected chi connectivity index (χ1v) is 5.54. The van der Waals surface area contributed by atoms with E-state index in [0.717, 1.165) is 12.1 Å². The van der Waals surface area contributed by atoms with E-state index in [1.54, 1.807) is 4.90 Å². The van der Waals surface area contributed by atoms with Crippen molar-refractivity contribution < 1.29 is 24.0 Å². The van der Waals surface area contributed by atoms with Gasteiger partial charge in [-0.3, -0.25) is 10.1 Å². The third kappa shape index (κ3) is 2.63. The van der Waals surface area contributed by atoms with Crippen LogP contribution < -0.4 is 4.90 Å². The molecule has 1 aromatic carbocycles. The topological polar surface area (TPSA) is 92.9 Å². The fourth-order valence-corrected chi connectivity index (χ4v) is 1.92. The summed E-state index contributed by atoms with van der Waals surface area (Å²) < 4.78 is 18.8. The van der Waals surface area contributed by atoms with Gasteiger partial charge in [-0.05, 0) is 0 Å². The predicted octanol–water partition coefficient (Wildman–Crippen LogP) is 1.27. The van der Waals surface area contributed by atoms with Gasteiger partial charge in [0.15, 0.2) is 0 Å². The van der Waals surface area contributed by atoms with Crippen molar-refractivity contribution in [1.29, 1.82) is 0 Å². The molecular weight excluding hydrogens is 259 g/mol. The Morgan fingerprint density at radius 2 is 2.05 bits per heavy atom. The molecule has 0 spiro atoms. The number of carboxylic acid groups (broad SMARTS) is 1. The van der Waals surface area contributed by atoms with Crippen LogP contribution in [0.25, 0.3) is 0 Å². The van der Waals surface area contributed by atoms with Crippen LogP contribution in [0.15, 0.2) is 12.1 Å². The Balaban J connectivity index is 2.49. The number of ether oxygens (including phenoxy) is 1. The number of carboxylic acids is 1. The summed E-state index contributed by atoms with van der Waals surface area (Å²) in [6, 6.07) is 1.65. The Morgan fingerprint density at radius 1 is 1.42 bits per heavy atom. The second-order valence-corrected chi connectivity index (χ2v) is 3.98. The van der Waals surface area contributed by atoms with Crippen molar-refractivity contribution >= 4 is 17.3 Å². The number of hydrogen-bond donors (Lipinski definition) is 1. The maximum absolute atomic E-state index is 13.6. The van der Waals surface area contributed by atoms with Crippen molar-refractivity contribution in [3.05, 3.63) is 33.6 Å². The molecule has 1 fully saturated rings. The van der Waals surface area contributed by atoms with Crippen LogP contribution in [0, 0.1) is 15.9 Å². The van der Waals surface area contributed by atoms with Gasteiger partial charge in [-0.15, -0.1) is 0 Å². The van der Waals surface area contributed by atoms with Gasteiger partial charge in [0.05, 0.1) is 18.1 Å². The third-order valence-corrected chi connectivity index (χ3v) is 2.84. The van der Waals surface area contributed by atoms with Gasteiger partial charge in [-0.2, -0.15) is 0 Å². The molecule has 0 bridgehead atoms. The molecule has 1 heterocycles. The third-order valence-electron chi connectivity index (χ3n) is 2.84. The fourth-order valence-electron chi connectivity index (χ4n) is 1.92. The number of hydrogen-bond acceptors (Lipinski definition) is 5. The van der Waals surface area contributed by atoms with Crippen LogP contribution in [0.5, 0.6) is 0 Å². The SMILES string of the molecule is O=C(O)c1cc([N+](=O)[O-])c(N2CCOCC2)cc1F. The Hall–Kier alpha value is -2.22. The molecule has 8 heteroatoms. The summed E-state index contributed by atoms with van der Waals surface area (Å²) >= 11 is 0. The number of nitro groups is 1. The number of morpholine rings is 1. The van der Waals surface area contributed by atoms with E-state index in [9.17, 15) is 19.3 Å². The van der Waals surface area contributed by atoms with Crippen LogP contribution in [-0.2, 0) is 4.74 Å². The molecular formula is C11H11FN2O5. The average molecular weight is 270 g/mol. The first kappa shape index (κ1) is 13.2. The number of halogens is 1. The first-order chi connectivity index (χ1) is 9.00. The lowest BCUT2D eigenvalue weighted by Gasteiger charge is -2.28. The molecule has 1 saturated heterocycles. The molecule has 1 N–H and O–H groups in total. The molecule has 0 saturated carbocycles. The molecule has 1 aliphatic rings. The van der Waals surface area contributed by atoms with Crippen LogP contribution in [0.4, 0.5) is 15.8 Å². The molecule has 102 valence electrons. The molecule has 1 aromatic rings. The summed E-state index contributed by atoms with van der Waals surface area (Å²) in [5, 5.41) is 19.8. The van der Waals surface area contributed by atoms with E-state index >= 15 is 0 Å². The second-order valence-electron chi connectivity index (χ2n) is 3.98. The van der Waals surface area contributed by atoms with Crippen molar-refractivity contribution in [3.8, 4) is 0 Å². The summed E-state index contributed by atoms with van der Waals surface area (Å²) in [6.45, 7) is 1.57. The Morgan fingerprint density at radius 3 is 2.58 bits per heavy atom. The van der Waals surface area contributed by atoms with E-state index in [1.807, 2.05) is 0 Å². The number of rotatable bonds is 3. The number of benzene rings is 1. The van der Waals surface area contributed by atoms with E-state index in [4.69, 9.17) is 9.84 Å². The van der Waals surface area contributed by atoms with Gasteiger partial charge in [0.25, 0.3) is 5.69 Å². The molecule has 0 aromatic heterocycles. The van der Waals surface area contributed by atoms with Crippen LogP contribution >= 0.6 is 0 Å². The second kappa shape index (κ2) is 5.19. The van der Waals surface area contributed by atoms with Crippen LogP contribution in [0.3, 0.4) is 0 Å². The normalized spacial score (nSPS) is 15.3. The van der Waals surface area contributed by atoms with Crippen LogP contribution in [0.1, 0.15) is 10.4 Å². The van der Waals surface area contributed by atoms with E-state index in [1.165, 1.54) is 0 Å². The van der Waals surface area contributed by atoms with Crippen molar-refractivity contribution in [2.24, 2.45) is 0 Å². The Kier molecular flexibility index (Phi) is 3.61. The molecule has 0 amide bonds. The van der Waals surface area contributed by atoms with Crippen molar-refractivity contribution in [1.82, 2.24) is 0 Å². The molecule has 2 rings (SSSR count). The van der Waals surface area contributed by atoms with Crippen LogP contribution in [0.2, 0.25) is 0 Å². The molecule has 7 nitrogen and oxygen atoms in total. The smallest absolute Gasteiger partial charge is 0.338 e. The highest BCUT2D eigenvalue weighted by molar-refractivity contribution is 5.90. The summed E-state index contributed by atoms with van der Waals surface area (Å²) in [7, 11) is 0. The summed E-state index contributed by atoms with van der Waals surface area (Å²) in [4.78, 5) is 22.7. The molecule has 0 atom stereocenters. The Labute approximate surface area is 107 Å². The number of carbonyl (C=O) groups is 1. The average Bonchev–Trinajstić information content (AvgIpc) is 2.38. The lowest BCUT2D eigenvalue weighted by molar-refractivity contribution is -0.384.